The molecule has 0 saturated carbocycles. The fraction of sp³-hybridized carbons (Fsp3) is 0.400. The number of hydrogen-bond acceptors (Lipinski definition) is 3. The average molecular weight is 357 g/mol. The summed E-state index contributed by atoms with van der Waals surface area (Å²) in [5, 5.41) is 0. The summed E-state index contributed by atoms with van der Waals surface area (Å²) in [6.45, 7) is 4.36. The summed E-state index contributed by atoms with van der Waals surface area (Å²) < 4.78 is 0. The van der Waals surface area contributed by atoms with E-state index in [-0.39, 0.29) is 4.87 Å². The Hall–Kier alpha value is -1.16. The van der Waals surface area contributed by atoms with Gasteiger partial charge in [-0.25, -0.2) is 0 Å². The van der Waals surface area contributed by atoms with Crippen molar-refractivity contribution < 1.29 is 0 Å². The van der Waals surface area contributed by atoms with Crippen molar-refractivity contribution in [2.75, 3.05) is 31.1 Å². The number of nitrogens with zero attached hydrogens (tertiary/aromatic N) is 2. The van der Waals surface area contributed by atoms with E-state index in [9.17, 15) is 0 Å². The minimum Gasteiger partial charge on any atom is -0.338 e. The van der Waals surface area contributed by atoms with E-state index >= 15 is 0 Å². The van der Waals surface area contributed by atoms with Crippen molar-refractivity contribution in [3.8, 4) is 0 Å². The predicted octanol–water partition coefficient (Wildman–Crippen LogP) is 4.99. The minimum atomic E-state index is -0.140. The Morgan fingerprint density at radius 3 is 2.08 bits per heavy atom. The fourth-order valence-corrected chi connectivity index (χ4v) is 6.11. The second-order valence-corrected chi connectivity index (χ2v) is 9.05. The maximum atomic E-state index is 7.25. The SMILES string of the molecule is Cl[C@@]1(CN2c3ccccc3Sc3ccccc32)CN2CCC1CC2. The standard InChI is InChI=1S/C20H21ClN2S/c21-20(13-22-11-9-15(20)10-12-22)14-23-16-5-1-3-7-18(16)24-19-8-4-2-6-17(19)23/h1-8,15H,9-14H2/t20-/m1/s1. The van der Waals surface area contributed by atoms with Gasteiger partial charge >= 0.3 is 0 Å². The summed E-state index contributed by atoms with van der Waals surface area (Å²) in [6, 6.07) is 17.4. The number of fused-ring (bicyclic) bond motifs is 5. The van der Waals surface area contributed by atoms with Gasteiger partial charge in [0.05, 0.1) is 16.2 Å². The van der Waals surface area contributed by atoms with Crippen molar-refractivity contribution in [3.63, 3.8) is 0 Å². The molecule has 2 bridgehead atoms. The summed E-state index contributed by atoms with van der Waals surface area (Å²) in [4.78, 5) is 7.54. The summed E-state index contributed by atoms with van der Waals surface area (Å²) >= 11 is 9.12. The quantitative estimate of drug-likeness (QED) is 0.700. The van der Waals surface area contributed by atoms with Gasteiger partial charge in [0.15, 0.2) is 0 Å². The molecule has 2 aromatic rings. The highest BCUT2D eigenvalue weighted by molar-refractivity contribution is 7.99. The Bertz CT molecular complexity index is 726. The van der Waals surface area contributed by atoms with Crippen LogP contribution in [0.3, 0.4) is 0 Å². The van der Waals surface area contributed by atoms with Gasteiger partial charge in [-0.1, -0.05) is 36.0 Å². The lowest BCUT2D eigenvalue weighted by Gasteiger charge is -2.52. The number of alkyl halides is 1. The molecule has 6 rings (SSSR count). The van der Waals surface area contributed by atoms with Crippen molar-refractivity contribution in [1.82, 2.24) is 4.90 Å². The first-order chi connectivity index (χ1) is 11.7. The topological polar surface area (TPSA) is 6.48 Å². The molecule has 2 aromatic carbocycles. The smallest absolute Gasteiger partial charge is 0.0780 e. The first-order valence-corrected chi connectivity index (χ1v) is 9.97. The molecule has 0 N–H and O–H groups in total. The average Bonchev–Trinajstić information content (AvgIpc) is 2.62. The molecule has 24 heavy (non-hydrogen) atoms. The highest BCUT2D eigenvalue weighted by Crippen LogP contribution is 2.50. The largest absolute Gasteiger partial charge is 0.338 e. The summed E-state index contributed by atoms with van der Waals surface area (Å²) in [5.41, 5.74) is 2.61. The molecule has 4 aliphatic heterocycles. The van der Waals surface area contributed by atoms with Gasteiger partial charge in [0.25, 0.3) is 0 Å². The van der Waals surface area contributed by atoms with Crippen molar-refractivity contribution in [2.24, 2.45) is 5.92 Å². The van der Waals surface area contributed by atoms with Crippen LogP contribution in [-0.2, 0) is 0 Å². The van der Waals surface area contributed by atoms with Crippen LogP contribution < -0.4 is 4.90 Å². The third-order valence-electron chi connectivity index (χ3n) is 5.76. The maximum absolute atomic E-state index is 7.25. The van der Waals surface area contributed by atoms with Gasteiger partial charge < -0.3 is 9.80 Å². The van der Waals surface area contributed by atoms with Gasteiger partial charge in [0.2, 0.25) is 0 Å². The van der Waals surface area contributed by atoms with Crippen LogP contribution in [0.5, 0.6) is 0 Å². The van der Waals surface area contributed by atoms with E-state index in [0.29, 0.717) is 5.92 Å². The van der Waals surface area contributed by atoms with Gasteiger partial charge in [-0.3, -0.25) is 0 Å². The van der Waals surface area contributed by atoms with Crippen molar-refractivity contribution in [1.29, 1.82) is 0 Å². The van der Waals surface area contributed by atoms with Gasteiger partial charge in [0, 0.05) is 22.9 Å². The second-order valence-electron chi connectivity index (χ2n) is 7.21. The Morgan fingerprint density at radius 1 is 0.958 bits per heavy atom. The minimum absolute atomic E-state index is 0.140. The van der Waals surface area contributed by atoms with E-state index < -0.39 is 0 Å². The van der Waals surface area contributed by atoms with E-state index in [1.807, 2.05) is 11.8 Å². The Labute approximate surface area is 152 Å². The molecule has 4 heterocycles. The fourth-order valence-electron chi connectivity index (χ4n) is 4.50. The van der Waals surface area contributed by atoms with E-state index in [1.54, 1.807) is 0 Å². The number of halogens is 1. The summed E-state index contributed by atoms with van der Waals surface area (Å²) in [5.74, 6) is 0.637. The zero-order valence-electron chi connectivity index (χ0n) is 13.6. The summed E-state index contributed by atoms with van der Waals surface area (Å²) in [7, 11) is 0. The molecular formula is C20H21ClN2S. The third-order valence-corrected chi connectivity index (χ3v) is 7.44. The molecule has 0 unspecified atom stereocenters. The number of anilines is 2. The van der Waals surface area contributed by atoms with Crippen LogP contribution in [0.2, 0.25) is 0 Å². The van der Waals surface area contributed by atoms with Crippen LogP contribution in [0, 0.1) is 5.92 Å². The van der Waals surface area contributed by atoms with Crippen molar-refractivity contribution in [2.45, 2.75) is 27.5 Å². The van der Waals surface area contributed by atoms with Gasteiger partial charge in [0.1, 0.15) is 0 Å². The second kappa shape index (κ2) is 5.69. The molecular weight excluding hydrogens is 336 g/mol. The maximum Gasteiger partial charge on any atom is 0.0780 e. The van der Waals surface area contributed by atoms with Crippen LogP contribution in [0.15, 0.2) is 58.3 Å². The molecule has 124 valence electrons. The van der Waals surface area contributed by atoms with Crippen LogP contribution in [0.25, 0.3) is 0 Å². The normalized spacial score (nSPS) is 30.8. The third kappa shape index (κ3) is 2.37. The molecule has 0 aromatic heterocycles. The molecule has 0 radical (unpaired) electrons. The number of piperidine rings is 3. The first-order valence-electron chi connectivity index (χ1n) is 8.78. The van der Waals surface area contributed by atoms with E-state index in [1.165, 1.54) is 47.1 Å². The highest BCUT2D eigenvalue weighted by atomic mass is 35.5. The van der Waals surface area contributed by atoms with Gasteiger partial charge in [-0.2, -0.15) is 0 Å². The van der Waals surface area contributed by atoms with E-state index in [2.05, 4.69) is 58.3 Å². The number of benzene rings is 2. The van der Waals surface area contributed by atoms with Crippen LogP contribution in [0.1, 0.15) is 12.8 Å². The molecule has 4 heteroatoms. The molecule has 0 spiro atoms. The lowest BCUT2D eigenvalue weighted by atomic mass is 9.78. The monoisotopic (exact) mass is 356 g/mol. The van der Waals surface area contributed by atoms with Crippen molar-refractivity contribution >= 4 is 34.7 Å². The first kappa shape index (κ1) is 15.1. The summed E-state index contributed by atoms with van der Waals surface area (Å²) in [6.07, 6.45) is 2.49. The highest BCUT2D eigenvalue weighted by Gasteiger charge is 2.47. The Balaban J connectivity index is 1.56. The number of hydrogen-bond donors (Lipinski definition) is 0. The van der Waals surface area contributed by atoms with E-state index in [0.717, 1.165) is 13.1 Å². The van der Waals surface area contributed by atoms with E-state index in [4.69, 9.17) is 11.6 Å². The molecule has 0 amide bonds. The predicted molar refractivity (Wildman–Crippen MR) is 102 cm³/mol. The molecule has 1 atom stereocenters. The molecule has 0 aliphatic carbocycles. The Morgan fingerprint density at radius 2 is 1.54 bits per heavy atom. The molecule has 3 fully saturated rings. The number of para-hydroxylation sites is 2. The number of rotatable bonds is 2. The van der Waals surface area contributed by atoms with Gasteiger partial charge in [-0.15, -0.1) is 11.6 Å². The zero-order chi connectivity index (χ0) is 16.1. The van der Waals surface area contributed by atoms with Crippen molar-refractivity contribution in [3.05, 3.63) is 48.5 Å². The van der Waals surface area contributed by atoms with Crippen LogP contribution in [0.4, 0.5) is 11.4 Å². The molecule has 4 aliphatic rings. The Kier molecular flexibility index (Phi) is 3.58. The van der Waals surface area contributed by atoms with Gasteiger partial charge in [-0.05, 0) is 56.1 Å². The lowest BCUT2D eigenvalue weighted by Crippen LogP contribution is -2.60. The van der Waals surface area contributed by atoms with Crippen LogP contribution in [-0.4, -0.2) is 36.0 Å². The lowest BCUT2D eigenvalue weighted by molar-refractivity contribution is 0.0712. The molecule has 2 nitrogen and oxygen atoms in total. The molecule has 3 saturated heterocycles. The van der Waals surface area contributed by atoms with Crippen LogP contribution >= 0.6 is 23.4 Å². The zero-order valence-corrected chi connectivity index (χ0v) is 15.2.